The van der Waals surface area contributed by atoms with Gasteiger partial charge in [0.1, 0.15) is 10.6 Å². The monoisotopic (exact) mass is 335 g/mol. The zero-order valence-corrected chi connectivity index (χ0v) is 12.9. The molecule has 1 aromatic carbocycles. The van der Waals surface area contributed by atoms with E-state index in [0.717, 1.165) is 0 Å². The standard InChI is InChI=1S/C14H13N3O5S/c1-16-9(6-7-11(16)13(18)19)8-17-14(20)15-10-4-2-3-5-12(10)23(17,21)22/h2-7H,8H2,1H3,(H,15,20)(H,18,19). The summed E-state index contributed by atoms with van der Waals surface area (Å²) in [5, 5.41) is 11.6. The number of carboxylic acid groups (broad SMARTS) is 1. The van der Waals surface area contributed by atoms with Crippen LogP contribution in [0.15, 0.2) is 41.3 Å². The van der Waals surface area contributed by atoms with Crippen LogP contribution >= 0.6 is 0 Å². The number of nitrogens with zero attached hydrogens (tertiary/aromatic N) is 2. The number of nitrogens with one attached hydrogen (secondary N) is 1. The van der Waals surface area contributed by atoms with Crippen LogP contribution < -0.4 is 5.32 Å². The van der Waals surface area contributed by atoms with Crippen molar-refractivity contribution in [2.24, 2.45) is 7.05 Å². The molecular formula is C14H13N3O5S. The van der Waals surface area contributed by atoms with Crippen LogP contribution in [-0.4, -0.2) is 34.4 Å². The fraction of sp³-hybridized carbons (Fsp3) is 0.143. The summed E-state index contributed by atoms with van der Waals surface area (Å²) >= 11 is 0. The van der Waals surface area contributed by atoms with Crippen LogP contribution in [-0.2, 0) is 23.6 Å². The van der Waals surface area contributed by atoms with Crippen molar-refractivity contribution < 1.29 is 23.1 Å². The first-order valence-corrected chi connectivity index (χ1v) is 8.07. The van der Waals surface area contributed by atoms with Crippen molar-refractivity contribution in [2.45, 2.75) is 11.4 Å². The number of anilines is 1. The molecule has 0 bridgehead atoms. The van der Waals surface area contributed by atoms with E-state index in [2.05, 4.69) is 5.32 Å². The number of fused-ring (bicyclic) bond motifs is 1. The van der Waals surface area contributed by atoms with Crippen LogP contribution in [0.4, 0.5) is 10.5 Å². The molecule has 1 aliphatic heterocycles. The van der Waals surface area contributed by atoms with Crippen molar-refractivity contribution in [1.29, 1.82) is 0 Å². The zero-order valence-electron chi connectivity index (χ0n) is 12.1. The molecule has 3 rings (SSSR count). The Kier molecular flexibility index (Phi) is 3.37. The summed E-state index contributed by atoms with van der Waals surface area (Å²) in [6, 6.07) is 8.17. The third-order valence-corrected chi connectivity index (χ3v) is 5.46. The van der Waals surface area contributed by atoms with E-state index in [1.165, 1.54) is 35.9 Å². The number of benzene rings is 1. The van der Waals surface area contributed by atoms with Gasteiger partial charge in [-0.05, 0) is 24.3 Å². The number of aromatic carboxylic acids is 1. The minimum absolute atomic E-state index is 0.00673. The molecule has 0 saturated carbocycles. The molecule has 1 aromatic heterocycles. The summed E-state index contributed by atoms with van der Waals surface area (Å²) in [5.41, 5.74) is 0.627. The molecule has 0 saturated heterocycles. The first-order valence-electron chi connectivity index (χ1n) is 6.63. The lowest BCUT2D eigenvalue weighted by atomic mass is 10.3. The normalized spacial score (nSPS) is 15.9. The number of hydrogen-bond donors (Lipinski definition) is 2. The molecular weight excluding hydrogens is 322 g/mol. The van der Waals surface area contributed by atoms with Crippen LogP contribution in [0, 0.1) is 0 Å². The van der Waals surface area contributed by atoms with Gasteiger partial charge < -0.3 is 15.0 Å². The molecule has 120 valence electrons. The van der Waals surface area contributed by atoms with E-state index >= 15 is 0 Å². The molecule has 0 fully saturated rings. The summed E-state index contributed by atoms with van der Waals surface area (Å²) < 4.78 is 27.3. The van der Waals surface area contributed by atoms with Gasteiger partial charge in [0.2, 0.25) is 0 Å². The number of carbonyl (C=O) groups excluding carboxylic acids is 1. The van der Waals surface area contributed by atoms with Gasteiger partial charge in [0.25, 0.3) is 10.0 Å². The minimum Gasteiger partial charge on any atom is -0.477 e. The van der Waals surface area contributed by atoms with E-state index in [1.54, 1.807) is 12.1 Å². The second-order valence-electron chi connectivity index (χ2n) is 5.01. The Morgan fingerprint density at radius 2 is 1.91 bits per heavy atom. The maximum atomic E-state index is 12.6. The summed E-state index contributed by atoms with van der Waals surface area (Å²) in [6.07, 6.45) is 0. The Morgan fingerprint density at radius 1 is 1.22 bits per heavy atom. The zero-order chi connectivity index (χ0) is 16.8. The molecule has 2 heterocycles. The molecule has 2 aromatic rings. The second kappa shape index (κ2) is 5.13. The quantitative estimate of drug-likeness (QED) is 0.882. The summed E-state index contributed by atoms with van der Waals surface area (Å²) in [4.78, 5) is 23.2. The topological polar surface area (TPSA) is 109 Å². The number of carbonyl (C=O) groups is 2. The first-order chi connectivity index (χ1) is 10.8. The van der Waals surface area contributed by atoms with E-state index in [0.29, 0.717) is 10.00 Å². The predicted octanol–water partition coefficient (Wildman–Crippen LogP) is 1.46. The average molecular weight is 335 g/mol. The maximum absolute atomic E-state index is 12.6. The lowest BCUT2D eigenvalue weighted by molar-refractivity contribution is 0.0686. The molecule has 0 aliphatic carbocycles. The van der Waals surface area contributed by atoms with Crippen molar-refractivity contribution in [3.05, 3.63) is 47.8 Å². The van der Waals surface area contributed by atoms with Gasteiger partial charge >= 0.3 is 12.0 Å². The SMILES string of the molecule is Cn1c(CN2C(=O)Nc3ccccc3S2(=O)=O)ccc1C(=O)O. The Balaban J connectivity index is 2.01. The van der Waals surface area contributed by atoms with Crippen molar-refractivity contribution in [3.8, 4) is 0 Å². The molecule has 8 nitrogen and oxygen atoms in total. The summed E-state index contributed by atoms with van der Waals surface area (Å²) in [7, 11) is -2.50. The molecule has 0 unspecified atom stereocenters. The summed E-state index contributed by atoms with van der Waals surface area (Å²) in [6.45, 7) is -0.258. The largest absolute Gasteiger partial charge is 0.477 e. The fourth-order valence-electron chi connectivity index (χ4n) is 2.43. The van der Waals surface area contributed by atoms with E-state index < -0.39 is 22.0 Å². The van der Waals surface area contributed by atoms with Gasteiger partial charge in [-0.15, -0.1) is 0 Å². The highest BCUT2D eigenvalue weighted by molar-refractivity contribution is 7.90. The van der Waals surface area contributed by atoms with Crippen LogP contribution in [0.2, 0.25) is 0 Å². The molecule has 0 spiro atoms. The molecule has 9 heteroatoms. The molecule has 23 heavy (non-hydrogen) atoms. The van der Waals surface area contributed by atoms with Crippen LogP contribution in [0.3, 0.4) is 0 Å². The van der Waals surface area contributed by atoms with Gasteiger partial charge in [0.15, 0.2) is 0 Å². The molecule has 1 aliphatic rings. The lowest BCUT2D eigenvalue weighted by Gasteiger charge is -2.28. The van der Waals surface area contributed by atoms with E-state index in [1.807, 2.05) is 0 Å². The Hall–Kier alpha value is -2.81. The number of rotatable bonds is 3. The number of aromatic nitrogens is 1. The van der Waals surface area contributed by atoms with E-state index in [-0.39, 0.29) is 22.8 Å². The van der Waals surface area contributed by atoms with Gasteiger partial charge in [-0.2, -0.15) is 0 Å². The van der Waals surface area contributed by atoms with Gasteiger partial charge in [0, 0.05) is 12.7 Å². The highest BCUT2D eigenvalue weighted by atomic mass is 32.2. The Morgan fingerprint density at radius 3 is 2.57 bits per heavy atom. The summed E-state index contributed by atoms with van der Waals surface area (Å²) in [5.74, 6) is -1.13. The van der Waals surface area contributed by atoms with E-state index in [9.17, 15) is 18.0 Å². The smallest absolute Gasteiger partial charge is 0.352 e. The van der Waals surface area contributed by atoms with Gasteiger partial charge in [-0.1, -0.05) is 12.1 Å². The van der Waals surface area contributed by atoms with Crippen molar-refractivity contribution in [1.82, 2.24) is 8.87 Å². The average Bonchev–Trinajstić information content (AvgIpc) is 2.85. The third kappa shape index (κ3) is 2.34. The maximum Gasteiger partial charge on any atom is 0.352 e. The minimum atomic E-state index is -4.00. The number of hydrogen-bond acceptors (Lipinski definition) is 4. The first kappa shape index (κ1) is 15.1. The molecule has 2 N–H and O–H groups in total. The Labute approximate surface area is 132 Å². The van der Waals surface area contributed by atoms with Crippen LogP contribution in [0.5, 0.6) is 0 Å². The number of para-hydroxylation sites is 1. The van der Waals surface area contributed by atoms with E-state index in [4.69, 9.17) is 5.11 Å². The van der Waals surface area contributed by atoms with Crippen LogP contribution in [0.25, 0.3) is 0 Å². The molecule has 2 amide bonds. The Bertz CT molecular complexity index is 916. The van der Waals surface area contributed by atoms with Crippen molar-refractivity contribution in [2.75, 3.05) is 5.32 Å². The lowest BCUT2D eigenvalue weighted by Crippen LogP contribution is -2.43. The highest BCUT2D eigenvalue weighted by Gasteiger charge is 2.36. The van der Waals surface area contributed by atoms with Crippen molar-refractivity contribution >= 4 is 27.7 Å². The fourth-order valence-corrected chi connectivity index (χ4v) is 3.88. The van der Waals surface area contributed by atoms with Crippen LogP contribution in [0.1, 0.15) is 16.2 Å². The third-order valence-electron chi connectivity index (χ3n) is 3.67. The van der Waals surface area contributed by atoms with Crippen molar-refractivity contribution in [3.63, 3.8) is 0 Å². The number of urea groups is 1. The predicted molar refractivity (Wildman–Crippen MR) is 80.6 cm³/mol. The van der Waals surface area contributed by atoms with Gasteiger partial charge in [0.05, 0.1) is 12.2 Å². The number of sulfonamides is 1. The molecule has 0 radical (unpaired) electrons. The highest BCUT2D eigenvalue weighted by Crippen LogP contribution is 2.30. The van der Waals surface area contributed by atoms with Gasteiger partial charge in [-0.3, -0.25) is 0 Å². The van der Waals surface area contributed by atoms with Gasteiger partial charge in [-0.25, -0.2) is 22.3 Å². The number of amides is 2. The second-order valence-corrected chi connectivity index (χ2v) is 6.84. The number of carboxylic acids is 1. The molecule has 0 atom stereocenters.